The molecular weight excluding hydrogens is 248 g/mol. The van der Waals surface area contributed by atoms with Crippen LogP contribution in [-0.4, -0.2) is 11.5 Å². The zero-order chi connectivity index (χ0) is 12.5. The van der Waals surface area contributed by atoms with Crippen LogP contribution in [0.2, 0.25) is 0 Å². The molecule has 0 aromatic heterocycles. The van der Waals surface area contributed by atoms with E-state index >= 15 is 0 Å². The molecule has 0 heterocycles. The Morgan fingerprint density at radius 2 is 1.41 bits per heavy atom. The standard InChI is InChI=1S/C14H21OS2/c1-3-5-10-16-12-8-7-9-13(14(12)15)17-11-6-4-2/h7-9H,3-6,10-11H2,1-2H3. The Morgan fingerprint density at radius 1 is 0.941 bits per heavy atom. The summed E-state index contributed by atoms with van der Waals surface area (Å²) in [4.78, 5) is 1.83. The maximum absolute atomic E-state index is 12.1. The smallest absolute Gasteiger partial charge is 0.205 e. The van der Waals surface area contributed by atoms with Gasteiger partial charge in [0.2, 0.25) is 5.75 Å². The van der Waals surface area contributed by atoms with Crippen molar-refractivity contribution in [3.63, 3.8) is 0 Å². The fourth-order valence-corrected chi connectivity index (χ4v) is 3.58. The van der Waals surface area contributed by atoms with Gasteiger partial charge in [0.1, 0.15) is 0 Å². The molecule has 0 spiro atoms. The Morgan fingerprint density at radius 3 is 1.82 bits per heavy atom. The summed E-state index contributed by atoms with van der Waals surface area (Å²) in [5, 5.41) is 12.1. The molecule has 0 aliphatic carbocycles. The van der Waals surface area contributed by atoms with Crippen LogP contribution in [0, 0.1) is 0 Å². The number of hydrogen-bond acceptors (Lipinski definition) is 2. The van der Waals surface area contributed by atoms with Gasteiger partial charge >= 0.3 is 0 Å². The van der Waals surface area contributed by atoms with Crippen molar-refractivity contribution >= 4 is 23.5 Å². The summed E-state index contributed by atoms with van der Waals surface area (Å²) in [6.45, 7) is 4.35. The number of rotatable bonds is 8. The molecule has 0 saturated heterocycles. The van der Waals surface area contributed by atoms with Gasteiger partial charge in [0.05, 0.1) is 9.79 Å². The molecule has 1 aromatic rings. The largest absolute Gasteiger partial charge is 0.287 e. The first kappa shape index (κ1) is 14.8. The van der Waals surface area contributed by atoms with Gasteiger partial charge in [-0.2, -0.15) is 0 Å². The molecule has 1 rings (SSSR count). The van der Waals surface area contributed by atoms with Crippen molar-refractivity contribution in [2.24, 2.45) is 0 Å². The molecule has 0 unspecified atom stereocenters. The van der Waals surface area contributed by atoms with Gasteiger partial charge in [-0.25, -0.2) is 0 Å². The van der Waals surface area contributed by atoms with E-state index in [0.29, 0.717) is 0 Å². The summed E-state index contributed by atoms with van der Waals surface area (Å²) in [5.41, 5.74) is 0. The van der Waals surface area contributed by atoms with Crippen LogP contribution in [0.4, 0.5) is 0 Å². The van der Waals surface area contributed by atoms with Crippen LogP contribution in [0.25, 0.3) is 0 Å². The third-order valence-electron chi connectivity index (χ3n) is 2.45. The van der Waals surface area contributed by atoms with E-state index < -0.39 is 0 Å². The minimum atomic E-state index is 0.231. The highest BCUT2D eigenvalue weighted by atomic mass is 32.2. The predicted molar refractivity (Wildman–Crippen MR) is 77.8 cm³/mol. The second-order valence-corrected chi connectivity index (χ2v) is 6.26. The normalized spacial score (nSPS) is 10.7. The molecule has 0 saturated carbocycles. The van der Waals surface area contributed by atoms with Crippen LogP contribution in [0.15, 0.2) is 28.0 Å². The molecule has 1 radical (unpaired) electrons. The van der Waals surface area contributed by atoms with E-state index in [1.165, 1.54) is 25.7 Å². The fourth-order valence-electron chi connectivity index (χ4n) is 1.38. The highest BCUT2D eigenvalue weighted by Crippen LogP contribution is 2.38. The van der Waals surface area contributed by atoms with Gasteiger partial charge in [0, 0.05) is 0 Å². The maximum Gasteiger partial charge on any atom is 0.205 e. The second-order valence-electron chi connectivity index (χ2n) is 3.99. The molecule has 0 bridgehead atoms. The van der Waals surface area contributed by atoms with E-state index in [0.717, 1.165) is 21.3 Å². The zero-order valence-corrected chi connectivity index (χ0v) is 12.3. The van der Waals surface area contributed by atoms with Gasteiger partial charge < -0.3 is 0 Å². The van der Waals surface area contributed by atoms with Gasteiger partial charge in [-0.3, -0.25) is 5.11 Å². The maximum atomic E-state index is 12.1. The van der Waals surface area contributed by atoms with Crippen molar-refractivity contribution in [3.05, 3.63) is 18.2 Å². The van der Waals surface area contributed by atoms with E-state index in [4.69, 9.17) is 0 Å². The van der Waals surface area contributed by atoms with Crippen molar-refractivity contribution in [1.82, 2.24) is 0 Å². The summed E-state index contributed by atoms with van der Waals surface area (Å²) in [5.74, 6) is 2.33. The third-order valence-corrected chi connectivity index (χ3v) is 4.70. The molecule has 95 valence electrons. The zero-order valence-electron chi connectivity index (χ0n) is 10.7. The summed E-state index contributed by atoms with van der Waals surface area (Å²) in [7, 11) is 0. The molecular formula is C14H21OS2. The first-order valence-corrected chi connectivity index (χ1v) is 8.32. The van der Waals surface area contributed by atoms with Gasteiger partial charge in [0.15, 0.2) is 0 Å². The highest BCUT2D eigenvalue weighted by molar-refractivity contribution is 8.00. The topological polar surface area (TPSA) is 19.9 Å². The van der Waals surface area contributed by atoms with Gasteiger partial charge in [-0.15, -0.1) is 23.5 Å². The van der Waals surface area contributed by atoms with Crippen molar-refractivity contribution < 1.29 is 5.11 Å². The van der Waals surface area contributed by atoms with Crippen LogP contribution >= 0.6 is 23.5 Å². The number of benzene rings is 1. The Kier molecular flexibility index (Phi) is 7.62. The van der Waals surface area contributed by atoms with Crippen LogP contribution < -0.4 is 0 Å². The van der Waals surface area contributed by atoms with Gasteiger partial charge in [-0.05, 0) is 36.5 Å². The first-order chi connectivity index (χ1) is 8.29. The minimum absolute atomic E-state index is 0.231. The number of hydrogen-bond donors (Lipinski definition) is 0. The van der Waals surface area contributed by atoms with Gasteiger partial charge in [-0.1, -0.05) is 32.8 Å². The van der Waals surface area contributed by atoms with E-state index in [9.17, 15) is 5.11 Å². The Balaban J connectivity index is 2.56. The Bertz CT molecular complexity index is 298. The third kappa shape index (κ3) is 5.26. The molecule has 0 aliphatic rings. The lowest BCUT2D eigenvalue weighted by Crippen LogP contribution is -1.83. The molecule has 0 aliphatic heterocycles. The van der Waals surface area contributed by atoms with Crippen molar-refractivity contribution in [3.8, 4) is 5.75 Å². The average molecular weight is 269 g/mol. The lowest BCUT2D eigenvalue weighted by molar-refractivity contribution is 0.334. The molecule has 0 atom stereocenters. The number of unbranched alkanes of at least 4 members (excludes halogenated alkanes) is 2. The minimum Gasteiger partial charge on any atom is -0.287 e. The molecule has 0 amide bonds. The van der Waals surface area contributed by atoms with E-state index in [2.05, 4.69) is 13.8 Å². The monoisotopic (exact) mass is 269 g/mol. The van der Waals surface area contributed by atoms with Gasteiger partial charge in [0.25, 0.3) is 0 Å². The molecule has 1 nitrogen and oxygen atoms in total. The Hall–Kier alpha value is -0.280. The van der Waals surface area contributed by atoms with Crippen molar-refractivity contribution in [1.29, 1.82) is 0 Å². The molecule has 1 aromatic carbocycles. The second kappa shape index (κ2) is 8.76. The summed E-state index contributed by atoms with van der Waals surface area (Å²) < 4.78 is 0. The van der Waals surface area contributed by atoms with E-state index in [1.807, 2.05) is 18.2 Å². The van der Waals surface area contributed by atoms with Crippen LogP contribution in [-0.2, 0) is 5.11 Å². The number of thioether (sulfide) groups is 2. The SMILES string of the molecule is CCCCSc1cccc(SCCCC)c1[O]. The quantitative estimate of drug-likeness (QED) is 0.451. The lowest BCUT2D eigenvalue weighted by Gasteiger charge is -2.06. The summed E-state index contributed by atoms with van der Waals surface area (Å²) >= 11 is 3.40. The van der Waals surface area contributed by atoms with E-state index in [1.54, 1.807) is 23.5 Å². The highest BCUT2D eigenvalue weighted by Gasteiger charge is 2.09. The molecule has 17 heavy (non-hydrogen) atoms. The van der Waals surface area contributed by atoms with Crippen LogP contribution in [0.1, 0.15) is 39.5 Å². The molecule has 0 fully saturated rings. The lowest BCUT2D eigenvalue weighted by atomic mass is 10.3. The fraction of sp³-hybridized carbons (Fsp3) is 0.571. The van der Waals surface area contributed by atoms with Crippen molar-refractivity contribution in [2.45, 2.75) is 49.3 Å². The van der Waals surface area contributed by atoms with Crippen molar-refractivity contribution in [2.75, 3.05) is 11.5 Å². The number of para-hydroxylation sites is 1. The Labute approximate surface area is 113 Å². The average Bonchev–Trinajstić information content (AvgIpc) is 2.34. The summed E-state index contributed by atoms with van der Waals surface area (Å²) in [6, 6.07) is 5.91. The summed E-state index contributed by atoms with van der Waals surface area (Å²) in [6.07, 6.45) is 4.73. The van der Waals surface area contributed by atoms with Crippen LogP contribution in [0.5, 0.6) is 5.75 Å². The van der Waals surface area contributed by atoms with E-state index in [-0.39, 0.29) is 5.75 Å². The molecule has 0 N–H and O–H groups in total. The van der Waals surface area contributed by atoms with Crippen LogP contribution in [0.3, 0.4) is 0 Å². The predicted octanol–water partition coefficient (Wildman–Crippen LogP) is 5.61. The molecule has 3 heteroatoms. The first-order valence-electron chi connectivity index (χ1n) is 6.35.